The molecule has 0 aromatic carbocycles. The predicted molar refractivity (Wildman–Crippen MR) is 56.7 cm³/mol. The van der Waals surface area contributed by atoms with E-state index in [-0.39, 0.29) is 0 Å². The van der Waals surface area contributed by atoms with Crippen molar-refractivity contribution in [2.75, 3.05) is 6.54 Å². The van der Waals surface area contributed by atoms with Crippen LogP contribution in [-0.2, 0) is 0 Å². The summed E-state index contributed by atoms with van der Waals surface area (Å²) in [5, 5.41) is 3.47. The second-order valence-corrected chi connectivity index (χ2v) is 4.63. The molecule has 2 rings (SSSR count). The average Bonchev–Trinajstić information content (AvgIpc) is 2.19. The van der Waals surface area contributed by atoms with Gasteiger partial charge in [0, 0.05) is 12.6 Å². The molecule has 1 N–H and O–H groups in total. The normalized spacial score (nSPS) is 31.5. The van der Waals surface area contributed by atoms with Gasteiger partial charge in [-0.25, -0.2) is 0 Å². The van der Waals surface area contributed by atoms with Gasteiger partial charge in [-0.3, -0.25) is 0 Å². The van der Waals surface area contributed by atoms with Crippen molar-refractivity contribution < 1.29 is 0 Å². The van der Waals surface area contributed by atoms with Crippen LogP contribution in [0.15, 0.2) is 11.6 Å². The van der Waals surface area contributed by atoms with Crippen LogP contribution < -0.4 is 5.32 Å². The fourth-order valence-corrected chi connectivity index (χ4v) is 2.71. The standard InChI is InChI=1S/C12H21N/c1-10-9-12(7-8-13-10)11-5-3-2-4-6-11/h7,10-11,13H,2-6,8-9H2,1H3. The Balaban J connectivity index is 1.94. The topological polar surface area (TPSA) is 12.0 Å². The molecule has 2 aliphatic rings. The van der Waals surface area contributed by atoms with Crippen LogP contribution >= 0.6 is 0 Å². The molecule has 1 aliphatic carbocycles. The summed E-state index contributed by atoms with van der Waals surface area (Å²) < 4.78 is 0. The van der Waals surface area contributed by atoms with Crippen LogP contribution in [0.25, 0.3) is 0 Å². The average molecular weight is 179 g/mol. The van der Waals surface area contributed by atoms with Gasteiger partial charge in [-0.05, 0) is 32.1 Å². The first-order chi connectivity index (χ1) is 6.36. The molecule has 0 amide bonds. The summed E-state index contributed by atoms with van der Waals surface area (Å²) in [4.78, 5) is 0. The molecular formula is C12H21N. The second-order valence-electron chi connectivity index (χ2n) is 4.63. The molecule has 74 valence electrons. The van der Waals surface area contributed by atoms with Gasteiger partial charge < -0.3 is 5.32 Å². The van der Waals surface area contributed by atoms with E-state index < -0.39 is 0 Å². The van der Waals surface area contributed by atoms with Crippen molar-refractivity contribution in [1.29, 1.82) is 0 Å². The molecular weight excluding hydrogens is 158 g/mol. The van der Waals surface area contributed by atoms with E-state index in [2.05, 4.69) is 18.3 Å². The smallest absolute Gasteiger partial charge is 0.0140 e. The Morgan fingerprint density at radius 2 is 2.00 bits per heavy atom. The Morgan fingerprint density at radius 3 is 2.69 bits per heavy atom. The van der Waals surface area contributed by atoms with E-state index in [9.17, 15) is 0 Å². The summed E-state index contributed by atoms with van der Waals surface area (Å²) in [6, 6.07) is 0.710. The number of hydrogen-bond acceptors (Lipinski definition) is 1. The lowest BCUT2D eigenvalue weighted by Gasteiger charge is -2.29. The van der Waals surface area contributed by atoms with E-state index in [4.69, 9.17) is 0 Å². The molecule has 1 atom stereocenters. The van der Waals surface area contributed by atoms with Gasteiger partial charge in [-0.15, -0.1) is 0 Å². The Kier molecular flexibility index (Phi) is 3.05. The summed E-state index contributed by atoms with van der Waals surface area (Å²) in [5.41, 5.74) is 1.76. The molecule has 0 spiro atoms. The van der Waals surface area contributed by atoms with E-state index >= 15 is 0 Å². The highest BCUT2D eigenvalue weighted by Crippen LogP contribution is 2.32. The highest BCUT2D eigenvalue weighted by Gasteiger charge is 2.20. The quantitative estimate of drug-likeness (QED) is 0.610. The first-order valence-electron chi connectivity index (χ1n) is 5.78. The zero-order chi connectivity index (χ0) is 9.10. The summed E-state index contributed by atoms with van der Waals surface area (Å²) in [7, 11) is 0. The Hall–Kier alpha value is -0.300. The first kappa shape index (κ1) is 9.26. The molecule has 1 heterocycles. The maximum Gasteiger partial charge on any atom is 0.0140 e. The third kappa shape index (κ3) is 2.34. The van der Waals surface area contributed by atoms with Crippen LogP contribution in [0.1, 0.15) is 45.4 Å². The van der Waals surface area contributed by atoms with Crippen molar-refractivity contribution >= 4 is 0 Å². The summed E-state index contributed by atoms with van der Waals surface area (Å²) in [6.07, 6.45) is 11.0. The largest absolute Gasteiger partial charge is 0.310 e. The van der Waals surface area contributed by atoms with E-state index in [0.717, 1.165) is 12.5 Å². The monoisotopic (exact) mass is 179 g/mol. The number of rotatable bonds is 1. The van der Waals surface area contributed by atoms with Crippen LogP contribution in [0.4, 0.5) is 0 Å². The van der Waals surface area contributed by atoms with Crippen molar-refractivity contribution in [3.05, 3.63) is 11.6 Å². The number of nitrogens with one attached hydrogen (secondary N) is 1. The molecule has 0 bridgehead atoms. The number of hydrogen-bond donors (Lipinski definition) is 1. The van der Waals surface area contributed by atoms with E-state index in [1.165, 1.54) is 38.5 Å². The molecule has 0 aromatic rings. The maximum atomic E-state index is 3.47. The lowest BCUT2D eigenvalue weighted by Crippen LogP contribution is -2.32. The molecule has 1 nitrogen and oxygen atoms in total. The van der Waals surface area contributed by atoms with Crippen molar-refractivity contribution in [3.63, 3.8) is 0 Å². The molecule has 0 radical (unpaired) electrons. The molecule has 1 aliphatic heterocycles. The minimum atomic E-state index is 0.710. The minimum absolute atomic E-state index is 0.710. The van der Waals surface area contributed by atoms with Gasteiger partial charge in [0.1, 0.15) is 0 Å². The highest BCUT2D eigenvalue weighted by molar-refractivity contribution is 5.13. The van der Waals surface area contributed by atoms with Crippen LogP contribution in [-0.4, -0.2) is 12.6 Å². The van der Waals surface area contributed by atoms with Crippen LogP contribution in [0.5, 0.6) is 0 Å². The Labute approximate surface area is 81.6 Å². The second kappa shape index (κ2) is 4.28. The third-order valence-electron chi connectivity index (χ3n) is 3.50. The van der Waals surface area contributed by atoms with Gasteiger partial charge in [-0.2, -0.15) is 0 Å². The highest BCUT2D eigenvalue weighted by atomic mass is 14.9. The Morgan fingerprint density at radius 1 is 1.23 bits per heavy atom. The van der Waals surface area contributed by atoms with Gasteiger partial charge in [0.2, 0.25) is 0 Å². The van der Waals surface area contributed by atoms with Gasteiger partial charge >= 0.3 is 0 Å². The fraction of sp³-hybridized carbons (Fsp3) is 0.833. The van der Waals surface area contributed by atoms with Gasteiger partial charge in [-0.1, -0.05) is 30.9 Å². The molecule has 1 unspecified atom stereocenters. The predicted octanol–water partition coefficient (Wildman–Crippen LogP) is 2.87. The van der Waals surface area contributed by atoms with Crippen molar-refractivity contribution in [2.24, 2.45) is 5.92 Å². The minimum Gasteiger partial charge on any atom is -0.310 e. The zero-order valence-corrected chi connectivity index (χ0v) is 8.68. The zero-order valence-electron chi connectivity index (χ0n) is 8.68. The molecule has 1 saturated carbocycles. The SMILES string of the molecule is CC1CC(C2CCCCC2)=CCN1. The summed E-state index contributed by atoms with van der Waals surface area (Å²) in [6.45, 7) is 3.41. The maximum absolute atomic E-state index is 3.47. The summed E-state index contributed by atoms with van der Waals surface area (Å²) in [5.74, 6) is 0.943. The fourth-order valence-electron chi connectivity index (χ4n) is 2.71. The molecule has 1 heteroatoms. The van der Waals surface area contributed by atoms with Crippen molar-refractivity contribution in [3.8, 4) is 0 Å². The van der Waals surface area contributed by atoms with Crippen LogP contribution in [0, 0.1) is 5.92 Å². The van der Waals surface area contributed by atoms with Crippen molar-refractivity contribution in [2.45, 2.75) is 51.5 Å². The molecule has 0 aromatic heterocycles. The summed E-state index contributed by atoms with van der Waals surface area (Å²) >= 11 is 0. The van der Waals surface area contributed by atoms with Gasteiger partial charge in [0.15, 0.2) is 0 Å². The molecule has 13 heavy (non-hydrogen) atoms. The first-order valence-corrected chi connectivity index (χ1v) is 5.78. The van der Waals surface area contributed by atoms with Gasteiger partial charge in [0.05, 0.1) is 0 Å². The lowest BCUT2D eigenvalue weighted by atomic mass is 9.80. The molecule has 0 saturated heterocycles. The van der Waals surface area contributed by atoms with Crippen LogP contribution in [0.2, 0.25) is 0 Å². The van der Waals surface area contributed by atoms with Gasteiger partial charge in [0.25, 0.3) is 0 Å². The third-order valence-corrected chi connectivity index (χ3v) is 3.50. The van der Waals surface area contributed by atoms with E-state index in [0.29, 0.717) is 6.04 Å². The Bertz CT molecular complexity index is 189. The van der Waals surface area contributed by atoms with E-state index in [1.807, 2.05) is 0 Å². The van der Waals surface area contributed by atoms with Crippen molar-refractivity contribution in [1.82, 2.24) is 5.32 Å². The van der Waals surface area contributed by atoms with Crippen LogP contribution in [0.3, 0.4) is 0 Å². The van der Waals surface area contributed by atoms with E-state index in [1.54, 1.807) is 5.57 Å². The molecule has 1 fully saturated rings. The lowest BCUT2D eigenvalue weighted by molar-refractivity contribution is 0.377.